The van der Waals surface area contributed by atoms with Crippen LogP contribution in [0.5, 0.6) is 0 Å². The van der Waals surface area contributed by atoms with Crippen molar-refractivity contribution in [2.75, 3.05) is 73.3 Å². The number of nitrogens with two attached hydrogens (primary N) is 1. The predicted molar refractivity (Wildman–Crippen MR) is 283 cm³/mol. The van der Waals surface area contributed by atoms with Gasteiger partial charge < -0.3 is 42.7 Å². The van der Waals surface area contributed by atoms with Gasteiger partial charge in [0.15, 0.2) is 5.13 Å². The Morgan fingerprint density at radius 2 is 1.68 bits per heavy atom. The van der Waals surface area contributed by atoms with E-state index in [1.807, 2.05) is 44.2 Å². The topological polar surface area (TPSA) is 277 Å². The van der Waals surface area contributed by atoms with Crippen molar-refractivity contribution in [1.29, 1.82) is 0 Å². The number of imide groups is 1. The average molecular weight is 1060 g/mol. The Bertz CT molecular complexity index is 2620. The van der Waals surface area contributed by atoms with Gasteiger partial charge in [0.1, 0.15) is 17.0 Å². The lowest BCUT2D eigenvalue weighted by Crippen LogP contribution is -2.54. The third-order valence-corrected chi connectivity index (χ3v) is 14.2. The molecule has 2 aliphatic rings. The molecule has 74 heavy (non-hydrogen) atoms. The van der Waals surface area contributed by atoms with Crippen LogP contribution in [0.15, 0.2) is 54.7 Å². The minimum atomic E-state index is -1.03. The Hall–Kier alpha value is -6.75. The van der Waals surface area contributed by atoms with Gasteiger partial charge in [-0.1, -0.05) is 79.4 Å². The van der Waals surface area contributed by atoms with Crippen LogP contribution in [0.1, 0.15) is 92.3 Å². The number of β-amino-alcohol motifs (C(OH)–C–C–N with tert-alkyl or cyclic N) is 1. The van der Waals surface area contributed by atoms with Crippen LogP contribution >= 0.6 is 22.9 Å². The minimum absolute atomic E-state index is 0.0754. The fourth-order valence-electron chi connectivity index (χ4n) is 8.76. The number of likely N-dealkylation sites (tertiary alicyclic amines) is 1. The highest BCUT2D eigenvalue weighted by Gasteiger charge is 2.35. The first kappa shape index (κ1) is 56.5. The van der Waals surface area contributed by atoms with Crippen molar-refractivity contribution in [2.45, 2.75) is 98.2 Å². The van der Waals surface area contributed by atoms with E-state index in [-0.39, 0.29) is 67.9 Å². The molecule has 0 aliphatic carbocycles. The van der Waals surface area contributed by atoms with Gasteiger partial charge in [0.25, 0.3) is 5.91 Å². The Morgan fingerprint density at radius 3 is 2.34 bits per heavy atom. The summed E-state index contributed by atoms with van der Waals surface area (Å²) in [4.78, 5) is 105. The van der Waals surface area contributed by atoms with E-state index in [1.54, 1.807) is 39.0 Å². The first-order valence-corrected chi connectivity index (χ1v) is 26.3. The van der Waals surface area contributed by atoms with Crippen molar-refractivity contribution in [3.05, 3.63) is 81.6 Å². The Labute approximate surface area is 440 Å². The molecule has 4 aromatic rings. The molecule has 9 N–H and O–H groups in total. The van der Waals surface area contributed by atoms with Gasteiger partial charge in [-0.25, -0.2) is 14.3 Å². The fraction of sp³-hybridized carbons (Fsp3) is 0.490. The standard InChI is InChI=1S/C51H68ClN13O8S/c1-31(2)44(60-41(67)14-7-6-8-20-64-43(68)27-33(4)49(64)72)48(71)58-38(13-10-19-54-50(53)73)46(69)57-36-17-15-35(16-18-36)30-65-34(5)56-40(28-42(65)63-23-21-62(22-24-63)25-26-66)59-51-55-29-39(74-51)47(70)61-45-32(3)11-9-12-37(45)52/h9,11-12,15-18,28-29,31,33,38,44,66H,6-8,10,13-14,19-27,30H2,1-5H3,(H7,53,54,57,58,60,61,67,69,70,71,73)/p+1/t33?,38-,44-/m0/s1. The van der Waals surface area contributed by atoms with Crippen LogP contribution in [0.2, 0.25) is 5.02 Å². The molecule has 2 aliphatic heterocycles. The summed E-state index contributed by atoms with van der Waals surface area (Å²) in [6.45, 7) is 13.6. The third kappa shape index (κ3) is 15.9. The summed E-state index contributed by atoms with van der Waals surface area (Å²) in [5.74, 6) is -0.544. The summed E-state index contributed by atoms with van der Waals surface area (Å²) in [5.41, 5.74) is 8.03. The molecule has 0 radical (unpaired) electrons. The molecule has 3 atom stereocenters. The summed E-state index contributed by atoms with van der Waals surface area (Å²) >= 11 is 7.54. The maximum absolute atomic E-state index is 13.9. The van der Waals surface area contributed by atoms with Crippen molar-refractivity contribution < 1.29 is 43.2 Å². The number of nitrogens with one attached hydrogen (secondary N) is 6. The molecule has 0 spiro atoms. The third-order valence-electron chi connectivity index (χ3n) is 12.9. The van der Waals surface area contributed by atoms with Gasteiger partial charge in [0.05, 0.1) is 49.2 Å². The number of rotatable bonds is 25. The zero-order valence-corrected chi connectivity index (χ0v) is 44.2. The lowest BCUT2D eigenvalue weighted by molar-refractivity contribution is -0.685. The van der Waals surface area contributed by atoms with Crippen molar-refractivity contribution in [3.8, 4) is 0 Å². The van der Waals surface area contributed by atoms with Crippen LogP contribution in [0.4, 0.5) is 32.9 Å². The van der Waals surface area contributed by atoms with Crippen LogP contribution in [-0.2, 0) is 30.5 Å². The van der Waals surface area contributed by atoms with E-state index >= 15 is 0 Å². The van der Waals surface area contributed by atoms with Crippen molar-refractivity contribution in [1.82, 2.24) is 35.7 Å². The number of benzene rings is 2. The van der Waals surface area contributed by atoms with Gasteiger partial charge in [-0.2, -0.15) is 0 Å². The molecule has 398 valence electrons. The Morgan fingerprint density at radius 1 is 0.932 bits per heavy atom. The predicted octanol–water partition coefficient (Wildman–Crippen LogP) is 4.22. The number of aromatic nitrogens is 3. The molecule has 0 saturated carbocycles. The lowest BCUT2D eigenvalue weighted by Gasteiger charge is -2.33. The monoisotopic (exact) mass is 1060 g/mol. The number of urea groups is 1. The smallest absolute Gasteiger partial charge is 0.312 e. The van der Waals surface area contributed by atoms with Crippen molar-refractivity contribution >= 4 is 92.6 Å². The molecule has 2 aromatic heterocycles. The molecular weight excluding hydrogens is 990 g/mol. The number of carbonyl (C=O) groups excluding carboxylic acids is 7. The summed E-state index contributed by atoms with van der Waals surface area (Å²) in [5, 5.41) is 27.8. The molecule has 8 amide bonds. The van der Waals surface area contributed by atoms with Crippen LogP contribution in [-0.4, -0.2) is 131 Å². The molecule has 2 fully saturated rings. The molecule has 4 heterocycles. The zero-order chi connectivity index (χ0) is 53.5. The summed E-state index contributed by atoms with van der Waals surface area (Å²) in [6, 6.07) is 12.0. The minimum Gasteiger partial charge on any atom is -0.395 e. The highest BCUT2D eigenvalue weighted by molar-refractivity contribution is 7.17. The number of thiazole rings is 1. The maximum atomic E-state index is 13.9. The summed E-state index contributed by atoms with van der Waals surface area (Å²) in [6.07, 6.45) is 4.00. The largest absolute Gasteiger partial charge is 0.395 e. The molecule has 2 saturated heterocycles. The SMILES string of the molecule is Cc1cccc(Cl)c1NC(=O)c1cnc(Nc2cc(N3CCN(CCO)CC3)[n+](Cc3ccc(NC(=O)[C@H](CCCNC(N)=O)NC(=O)[C@@H](NC(=O)CCCCCN4C(=O)CC(C)C4=O)C(C)C)cc3)c(C)n2)s1. The number of aliphatic hydroxyl groups is 1. The number of para-hydroxylation sites is 1. The van der Waals surface area contributed by atoms with E-state index in [0.29, 0.717) is 96.5 Å². The van der Waals surface area contributed by atoms with E-state index in [1.165, 1.54) is 22.4 Å². The number of nitrogens with zero attached hydrogens (tertiary/aromatic N) is 6. The number of aryl methyl sites for hydroxylation is 2. The second kappa shape index (κ2) is 27.0. The number of carbonyl (C=O) groups is 7. The molecule has 21 nitrogen and oxygen atoms in total. The molecule has 0 bridgehead atoms. The normalized spacial score (nSPS) is 15.7. The molecule has 23 heteroatoms. The van der Waals surface area contributed by atoms with Crippen molar-refractivity contribution in [3.63, 3.8) is 0 Å². The number of primary amides is 1. The number of hydrogen-bond acceptors (Lipinski definition) is 14. The van der Waals surface area contributed by atoms with Crippen molar-refractivity contribution in [2.24, 2.45) is 17.6 Å². The van der Waals surface area contributed by atoms with Crippen LogP contribution in [0.25, 0.3) is 0 Å². The molecule has 6 rings (SSSR count). The van der Waals surface area contributed by atoms with Gasteiger partial charge in [-0.15, -0.1) is 0 Å². The Kier molecular flexibility index (Phi) is 20.6. The lowest BCUT2D eigenvalue weighted by atomic mass is 10.0. The number of amides is 8. The average Bonchev–Trinajstić information content (AvgIpc) is 3.93. The number of piperazine rings is 1. The second-order valence-corrected chi connectivity index (χ2v) is 20.4. The number of unbranched alkanes of at least 4 members (excludes halogenated alkanes) is 2. The highest BCUT2D eigenvalue weighted by atomic mass is 35.5. The van der Waals surface area contributed by atoms with Gasteiger partial charge in [-0.05, 0) is 67.9 Å². The number of aliphatic hydroxyl groups excluding tert-OH is 1. The maximum Gasteiger partial charge on any atom is 0.312 e. The number of anilines is 5. The number of hydrogen-bond donors (Lipinski definition) is 8. The van der Waals surface area contributed by atoms with E-state index in [9.17, 15) is 38.7 Å². The quantitative estimate of drug-likeness (QED) is 0.0263. The van der Waals surface area contributed by atoms with Crippen LogP contribution < -0.4 is 47.1 Å². The van der Waals surface area contributed by atoms with Crippen LogP contribution in [0, 0.1) is 25.7 Å². The first-order valence-electron chi connectivity index (χ1n) is 25.1. The molecule has 1 unspecified atom stereocenters. The fourth-order valence-corrected chi connectivity index (χ4v) is 9.75. The van der Waals surface area contributed by atoms with Gasteiger partial charge >= 0.3 is 6.03 Å². The van der Waals surface area contributed by atoms with Gasteiger partial charge in [-0.3, -0.25) is 43.5 Å². The van der Waals surface area contributed by atoms with E-state index in [2.05, 4.69) is 51.3 Å². The van der Waals surface area contributed by atoms with Crippen LogP contribution in [0.3, 0.4) is 0 Å². The molecular formula is C51H69ClN13O8S+. The van der Waals surface area contributed by atoms with E-state index in [0.717, 1.165) is 30.0 Å². The second-order valence-electron chi connectivity index (χ2n) is 19.0. The van der Waals surface area contributed by atoms with E-state index in [4.69, 9.17) is 22.3 Å². The highest BCUT2D eigenvalue weighted by Crippen LogP contribution is 2.29. The first-order chi connectivity index (χ1) is 35.4. The van der Waals surface area contributed by atoms with E-state index < -0.39 is 29.9 Å². The summed E-state index contributed by atoms with van der Waals surface area (Å²) in [7, 11) is 0. The summed E-state index contributed by atoms with van der Waals surface area (Å²) < 4.78 is 2.10. The zero-order valence-electron chi connectivity index (χ0n) is 42.7. The van der Waals surface area contributed by atoms with Gasteiger partial charge in [0.2, 0.25) is 47.0 Å². The number of halogens is 1. The Balaban J connectivity index is 1.10. The van der Waals surface area contributed by atoms with Gasteiger partial charge in [0, 0.05) is 64.1 Å². The molecule has 2 aromatic carbocycles.